The molecule has 3 rings (SSSR count). The van der Waals surface area contributed by atoms with Crippen LogP contribution in [0.4, 0.5) is 0 Å². The zero-order valence-electron chi connectivity index (χ0n) is 14.1. The Labute approximate surface area is 137 Å². The third-order valence-electron chi connectivity index (χ3n) is 5.37. The van der Waals surface area contributed by atoms with E-state index in [0.717, 1.165) is 51.1 Å². The minimum atomic E-state index is -0.302. The summed E-state index contributed by atoms with van der Waals surface area (Å²) in [5, 5.41) is 0. The number of imidazole rings is 1. The molecule has 2 aliphatic heterocycles. The first-order chi connectivity index (χ1) is 11.0. The van der Waals surface area contributed by atoms with Gasteiger partial charge in [0, 0.05) is 52.0 Å². The number of hydrogen-bond donors (Lipinski definition) is 0. The molecule has 1 aromatic heterocycles. The van der Waals surface area contributed by atoms with E-state index in [1.165, 1.54) is 0 Å². The summed E-state index contributed by atoms with van der Waals surface area (Å²) >= 11 is 0. The summed E-state index contributed by atoms with van der Waals surface area (Å²) in [4.78, 5) is 32.9. The van der Waals surface area contributed by atoms with Crippen LogP contribution >= 0.6 is 0 Å². The van der Waals surface area contributed by atoms with E-state index in [9.17, 15) is 9.59 Å². The summed E-state index contributed by atoms with van der Waals surface area (Å²) in [6.45, 7) is 4.97. The summed E-state index contributed by atoms with van der Waals surface area (Å²) in [6.07, 6.45) is 7.87. The lowest BCUT2D eigenvalue weighted by Gasteiger charge is -2.37. The second-order valence-electron chi connectivity index (χ2n) is 6.95. The molecule has 3 heterocycles. The van der Waals surface area contributed by atoms with Crippen LogP contribution in [0.15, 0.2) is 12.4 Å². The van der Waals surface area contributed by atoms with Gasteiger partial charge in [0.2, 0.25) is 11.8 Å². The largest absolute Gasteiger partial charge is 0.345 e. The first-order valence-corrected chi connectivity index (χ1v) is 8.53. The third-order valence-corrected chi connectivity index (χ3v) is 5.37. The van der Waals surface area contributed by atoms with Crippen molar-refractivity contribution in [3.05, 3.63) is 18.2 Å². The van der Waals surface area contributed by atoms with E-state index in [0.29, 0.717) is 13.0 Å². The average Bonchev–Trinajstić information content (AvgIpc) is 3.13. The van der Waals surface area contributed by atoms with E-state index < -0.39 is 0 Å². The number of carbonyl (C=O) groups excluding carboxylic acids is 2. The zero-order valence-corrected chi connectivity index (χ0v) is 14.1. The van der Waals surface area contributed by atoms with Gasteiger partial charge in [0.25, 0.3) is 0 Å². The fraction of sp³-hybridized carbons (Fsp3) is 0.706. The van der Waals surface area contributed by atoms with Crippen molar-refractivity contribution in [2.45, 2.75) is 45.6 Å². The maximum absolute atomic E-state index is 12.5. The minimum Gasteiger partial charge on any atom is -0.345 e. The maximum atomic E-state index is 12.5. The molecule has 126 valence electrons. The molecule has 0 radical (unpaired) electrons. The predicted molar refractivity (Wildman–Crippen MR) is 86.7 cm³/mol. The van der Waals surface area contributed by atoms with Crippen LogP contribution in [0, 0.1) is 12.3 Å². The van der Waals surface area contributed by atoms with Gasteiger partial charge in [-0.05, 0) is 32.6 Å². The Kier molecular flexibility index (Phi) is 4.41. The van der Waals surface area contributed by atoms with Gasteiger partial charge in [-0.25, -0.2) is 4.98 Å². The highest BCUT2D eigenvalue weighted by atomic mass is 16.2. The van der Waals surface area contributed by atoms with Gasteiger partial charge < -0.3 is 14.4 Å². The van der Waals surface area contributed by atoms with Crippen LogP contribution < -0.4 is 0 Å². The van der Waals surface area contributed by atoms with Crippen LogP contribution in [-0.4, -0.2) is 57.8 Å². The fourth-order valence-electron chi connectivity index (χ4n) is 3.93. The van der Waals surface area contributed by atoms with E-state index in [-0.39, 0.29) is 17.2 Å². The molecule has 0 bridgehead atoms. The number of amides is 2. The summed E-state index contributed by atoms with van der Waals surface area (Å²) in [7, 11) is 1.88. The van der Waals surface area contributed by atoms with Crippen molar-refractivity contribution in [1.29, 1.82) is 0 Å². The number of hydrogen-bond acceptors (Lipinski definition) is 3. The molecule has 1 spiro atoms. The Hall–Kier alpha value is -1.85. The second-order valence-corrected chi connectivity index (χ2v) is 6.95. The highest BCUT2D eigenvalue weighted by molar-refractivity contribution is 5.85. The van der Waals surface area contributed by atoms with Crippen molar-refractivity contribution < 1.29 is 9.59 Å². The Morgan fingerprint density at radius 2 is 2.17 bits per heavy atom. The first-order valence-electron chi connectivity index (χ1n) is 8.53. The lowest BCUT2D eigenvalue weighted by atomic mass is 9.78. The second kappa shape index (κ2) is 6.34. The van der Waals surface area contributed by atoms with Gasteiger partial charge in [-0.1, -0.05) is 0 Å². The molecule has 0 aliphatic carbocycles. The van der Waals surface area contributed by atoms with Gasteiger partial charge in [0.05, 0.1) is 5.41 Å². The van der Waals surface area contributed by atoms with Gasteiger partial charge in [-0.2, -0.15) is 0 Å². The molecule has 23 heavy (non-hydrogen) atoms. The third kappa shape index (κ3) is 3.12. The summed E-state index contributed by atoms with van der Waals surface area (Å²) in [6, 6.07) is 0. The first kappa shape index (κ1) is 16.0. The molecule has 1 unspecified atom stereocenters. The molecule has 1 aromatic rings. The molecular formula is C17H26N4O2. The Morgan fingerprint density at radius 3 is 2.91 bits per heavy atom. The minimum absolute atomic E-state index is 0.181. The molecule has 1 atom stereocenters. The normalized spacial score (nSPS) is 24.7. The van der Waals surface area contributed by atoms with Gasteiger partial charge >= 0.3 is 0 Å². The van der Waals surface area contributed by atoms with E-state index >= 15 is 0 Å². The topological polar surface area (TPSA) is 58.4 Å². The Morgan fingerprint density at radius 1 is 1.35 bits per heavy atom. The van der Waals surface area contributed by atoms with Gasteiger partial charge in [-0.3, -0.25) is 9.59 Å². The van der Waals surface area contributed by atoms with Crippen molar-refractivity contribution in [2.24, 2.45) is 5.41 Å². The summed E-state index contributed by atoms with van der Waals surface area (Å²) < 4.78 is 2.07. The van der Waals surface area contributed by atoms with E-state index in [1.54, 1.807) is 6.20 Å². The fourth-order valence-corrected chi connectivity index (χ4v) is 3.93. The van der Waals surface area contributed by atoms with E-state index in [2.05, 4.69) is 9.55 Å². The van der Waals surface area contributed by atoms with Crippen LogP contribution in [0.1, 0.15) is 37.9 Å². The number of carbonyl (C=O) groups is 2. The van der Waals surface area contributed by atoms with Crippen molar-refractivity contribution in [1.82, 2.24) is 19.4 Å². The number of aryl methyl sites for hydroxylation is 2. The molecular weight excluding hydrogens is 292 g/mol. The maximum Gasteiger partial charge on any atom is 0.230 e. The van der Waals surface area contributed by atoms with Crippen LogP contribution in [0.3, 0.4) is 0 Å². The lowest BCUT2D eigenvalue weighted by Crippen LogP contribution is -2.48. The molecule has 2 fully saturated rings. The SMILES string of the molecule is Cc1nccn1CCCC(=O)N1CCC2(CCCN(C)C2=O)C1. The average molecular weight is 318 g/mol. The highest BCUT2D eigenvalue weighted by Crippen LogP contribution is 2.39. The Balaban J connectivity index is 1.51. The standard InChI is InChI=1S/C17H26N4O2/c1-14-18-8-12-20(14)10-3-5-15(22)21-11-7-17(13-21)6-4-9-19(2)16(17)23/h8,12H,3-7,9-11,13H2,1-2H3. The Bertz CT molecular complexity index is 597. The van der Waals surface area contributed by atoms with Gasteiger partial charge in [0.15, 0.2) is 0 Å². The number of likely N-dealkylation sites (tertiary alicyclic amines) is 2. The van der Waals surface area contributed by atoms with Crippen LogP contribution in [0.5, 0.6) is 0 Å². The van der Waals surface area contributed by atoms with E-state index in [1.807, 2.05) is 30.0 Å². The van der Waals surface area contributed by atoms with Crippen molar-refractivity contribution in [2.75, 3.05) is 26.7 Å². The monoisotopic (exact) mass is 318 g/mol. The van der Waals surface area contributed by atoms with Gasteiger partial charge in [-0.15, -0.1) is 0 Å². The zero-order chi connectivity index (χ0) is 16.4. The molecule has 6 nitrogen and oxygen atoms in total. The molecule has 2 amide bonds. The molecule has 0 aromatic carbocycles. The number of aromatic nitrogens is 2. The quantitative estimate of drug-likeness (QED) is 0.844. The van der Waals surface area contributed by atoms with Crippen LogP contribution in [-0.2, 0) is 16.1 Å². The van der Waals surface area contributed by atoms with Gasteiger partial charge in [0.1, 0.15) is 5.82 Å². The van der Waals surface area contributed by atoms with E-state index in [4.69, 9.17) is 0 Å². The van der Waals surface area contributed by atoms with Crippen LogP contribution in [0.2, 0.25) is 0 Å². The summed E-state index contributed by atoms with van der Waals surface area (Å²) in [5.74, 6) is 1.39. The number of piperidine rings is 1. The molecule has 2 saturated heterocycles. The van der Waals surface area contributed by atoms with Crippen molar-refractivity contribution in [3.8, 4) is 0 Å². The van der Waals surface area contributed by atoms with Crippen molar-refractivity contribution in [3.63, 3.8) is 0 Å². The molecule has 2 aliphatic rings. The lowest BCUT2D eigenvalue weighted by molar-refractivity contribution is -0.144. The molecule has 0 N–H and O–H groups in total. The highest BCUT2D eigenvalue weighted by Gasteiger charge is 2.48. The number of rotatable bonds is 4. The van der Waals surface area contributed by atoms with Crippen LogP contribution in [0.25, 0.3) is 0 Å². The number of nitrogens with zero attached hydrogens (tertiary/aromatic N) is 4. The smallest absolute Gasteiger partial charge is 0.230 e. The summed E-state index contributed by atoms with van der Waals surface area (Å²) in [5.41, 5.74) is -0.302. The van der Waals surface area contributed by atoms with Crippen molar-refractivity contribution >= 4 is 11.8 Å². The predicted octanol–water partition coefficient (Wildman–Crippen LogP) is 1.44. The molecule has 0 saturated carbocycles. The molecule has 6 heteroatoms.